The van der Waals surface area contributed by atoms with Crippen LogP contribution in [-0.4, -0.2) is 16.2 Å². The van der Waals surface area contributed by atoms with Crippen LogP contribution in [0.1, 0.15) is 0 Å². The highest BCUT2D eigenvalue weighted by atomic mass is 16.6. The molecule has 0 aliphatic carbocycles. The van der Waals surface area contributed by atoms with Crippen LogP contribution in [0.4, 0.5) is 0 Å². The molecule has 0 saturated heterocycles. The summed E-state index contributed by atoms with van der Waals surface area (Å²) in [6.07, 6.45) is 0.833. The highest BCUT2D eigenvalue weighted by Crippen LogP contribution is 1.54. The smallest absolute Gasteiger partial charge is 0.478 e. The van der Waals surface area contributed by atoms with Crippen LogP contribution in [0.2, 0.25) is 0 Å². The van der Waals surface area contributed by atoms with Gasteiger partial charge in [-0.05, 0) is 0 Å². The van der Waals surface area contributed by atoms with Gasteiger partial charge in [-0.2, -0.15) is 0 Å². The summed E-state index contributed by atoms with van der Waals surface area (Å²) in [5.41, 5.74) is 0. The van der Waals surface area contributed by atoms with E-state index in [1.807, 2.05) is 0 Å². The van der Waals surface area contributed by atoms with Crippen molar-refractivity contribution in [1.82, 2.24) is 5.16 Å². The second kappa shape index (κ2) is 4.72. The summed E-state index contributed by atoms with van der Waals surface area (Å²) in [5, 5.41) is 9.26. The van der Waals surface area contributed by atoms with Crippen LogP contribution in [0.15, 0.2) is 31.2 Å². The number of carbonyl (C=O) groups is 1. The topological polar surface area (TPSA) is 114 Å². The Morgan fingerprint density at radius 3 is 2.17 bits per heavy atom. The Morgan fingerprint density at radius 2 is 2.08 bits per heavy atom. The minimum absolute atomic E-state index is 0.833. The first-order valence-electron chi connectivity index (χ1n) is 2.60. The second-order valence-corrected chi connectivity index (χ2v) is 1.39. The van der Waals surface area contributed by atoms with Crippen molar-refractivity contribution in [2.75, 3.05) is 0 Å². The standard InChI is InChI=1S/C3H4O2.C2HNO4/c1-2-3(4)5;4-1-3-7-2(5)6-1/h2H,1H2,(H,4,5);(H,3,4). The summed E-state index contributed by atoms with van der Waals surface area (Å²) in [6, 6.07) is 0. The number of aromatic nitrogens is 1. The van der Waals surface area contributed by atoms with Crippen molar-refractivity contribution < 1.29 is 18.8 Å². The van der Waals surface area contributed by atoms with Crippen LogP contribution in [0, 0.1) is 0 Å². The zero-order chi connectivity index (χ0) is 9.56. The highest BCUT2D eigenvalue weighted by molar-refractivity contribution is 5.78. The van der Waals surface area contributed by atoms with Crippen LogP contribution < -0.4 is 11.6 Å². The first-order valence-corrected chi connectivity index (χ1v) is 2.60. The van der Waals surface area contributed by atoms with Gasteiger partial charge >= 0.3 is 17.5 Å². The van der Waals surface area contributed by atoms with E-state index in [9.17, 15) is 14.4 Å². The van der Waals surface area contributed by atoms with E-state index in [0.717, 1.165) is 6.08 Å². The highest BCUT2D eigenvalue weighted by Gasteiger charge is 1.87. The van der Waals surface area contributed by atoms with Crippen molar-refractivity contribution in [1.29, 1.82) is 0 Å². The molecule has 7 nitrogen and oxygen atoms in total. The molecule has 7 heteroatoms. The maximum atomic E-state index is 9.77. The van der Waals surface area contributed by atoms with Gasteiger partial charge in [-0.1, -0.05) is 6.58 Å². The average Bonchev–Trinajstić information content (AvgIpc) is 2.36. The lowest BCUT2D eigenvalue weighted by Crippen LogP contribution is -1.95. The molecular formula is C5H5NO6. The summed E-state index contributed by atoms with van der Waals surface area (Å²) >= 11 is 0. The van der Waals surface area contributed by atoms with Crippen LogP contribution in [0.25, 0.3) is 0 Å². The largest absolute Gasteiger partial charge is 0.542 e. The molecule has 0 atom stereocenters. The van der Waals surface area contributed by atoms with Gasteiger partial charge in [0.25, 0.3) is 0 Å². The third kappa shape index (κ3) is 4.79. The summed E-state index contributed by atoms with van der Waals surface area (Å²) in [5.74, 6) is -2.86. The van der Waals surface area contributed by atoms with E-state index < -0.39 is 17.5 Å². The minimum Gasteiger partial charge on any atom is -0.478 e. The molecule has 1 aromatic heterocycles. The zero-order valence-corrected chi connectivity index (χ0v) is 5.77. The minimum atomic E-state index is -1.01. The van der Waals surface area contributed by atoms with Crippen molar-refractivity contribution in [3.05, 3.63) is 33.8 Å². The lowest BCUT2D eigenvalue weighted by molar-refractivity contribution is -0.131. The molecule has 0 radical (unpaired) electrons. The molecule has 66 valence electrons. The summed E-state index contributed by atoms with van der Waals surface area (Å²) < 4.78 is 7.55. The molecule has 0 unspecified atom stereocenters. The predicted octanol–water partition coefficient (Wildman–Crippen LogP) is -0.822. The van der Waals surface area contributed by atoms with Crippen LogP contribution in [0.5, 0.6) is 0 Å². The summed E-state index contributed by atoms with van der Waals surface area (Å²) in [6.45, 7) is 2.96. The second-order valence-electron chi connectivity index (χ2n) is 1.39. The van der Waals surface area contributed by atoms with E-state index in [4.69, 9.17) is 5.11 Å². The molecule has 1 aromatic rings. The van der Waals surface area contributed by atoms with Crippen molar-refractivity contribution in [3.63, 3.8) is 0 Å². The summed E-state index contributed by atoms with van der Waals surface area (Å²) in [4.78, 5) is 28.8. The predicted molar refractivity (Wildman–Crippen MR) is 35.7 cm³/mol. The van der Waals surface area contributed by atoms with Gasteiger partial charge in [0.1, 0.15) is 0 Å². The molecule has 2 N–H and O–H groups in total. The molecule has 0 aliphatic heterocycles. The van der Waals surface area contributed by atoms with Gasteiger partial charge in [-0.25, -0.2) is 14.4 Å². The molecule has 0 amide bonds. The third-order valence-corrected chi connectivity index (χ3v) is 0.568. The first-order chi connectivity index (χ1) is 5.56. The van der Waals surface area contributed by atoms with Gasteiger partial charge in [-0.15, -0.1) is 5.16 Å². The number of nitrogens with one attached hydrogen (secondary N) is 1. The third-order valence-electron chi connectivity index (χ3n) is 0.568. The number of hydrogen-bond acceptors (Lipinski definition) is 5. The maximum Gasteiger partial charge on any atom is 0.542 e. The Kier molecular flexibility index (Phi) is 3.91. The Morgan fingerprint density at radius 1 is 1.58 bits per heavy atom. The Balaban J connectivity index is 0.000000217. The lowest BCUT2D eigenvalue weighted by Gasteiger charge is -1.64. The Hall–Kier alpha value is -2.05. The monoisotopic (exact) mass is 175 g/mol. The van der Waals surface area contributed by atoms with Gasteiger partial charge in [0.15, 0.2) is 0 Å². The molecule has 12 heavy (non-hydrogen) atoms. The number of rotatable bonds is 1. The fourth-order valence-corrected chi connectivity index (χ4v) is 0.201. The quantitative estimate of drug-likeness (QED) is 0.539. The molecule has 0 saturated carbocycles. The zero-order valence-electron chi connectivity index (χ0n) is 5.77. The summed E-state index contributed by atoms with van der Waals surface area (Å²) in [7, 11) is 0. The molecule has 1 rings (SSSR count). The van der Waals surface area contributed by atoms with Crippen molar-refractivity contribution in [3.8, 4) is 0 Å². The Bertz CT molecular complexity index is 330. The SMILES string of the molecule is C=CC(=O)O.O=c1[nH]oc(=O)o1. The number of H-pyrrole nitrogens is 1. The van der Waals surface area contributed by atoms with Crippen molar-refractivity contribution in [2.45, 2.75) is 0 Å². The fourth-order valence-electron chi connectivity index (χ4n) is 0.201. The van der Waals surface area contributed by atoms with Crippen molar-refractivity contribution >= 4 is 5.97 Å². The van der Waals surface area contributed by atoms with E-state index in [2.05, 4.69) is 15.5 Å². The molecule has 0 spiro atoms. The van der Waals surface area contributed by atoms with E-state index in [1.54, 1.807) is 5.16 Å². The molecule has 0 aromatic carbocycles. The molecule has 0 fully saturated rings. The average molecular weight is 175 g/mol. The molecule has 1 heterocycles. The molecular weight excluding hydrogens is 170 g/mol. The van der Waals surface area contributed by atoms with E-state index in [0.29, 0.717) is 0 Å². The van der Waals surface area contributed by atoms with E-state index >= 15 is 0 Å². The first kappa shape index (κ1) is 9.95. The normalized spacial score (nSPS) is 8.00. The fraction of sp³-hybridized carbons (Fsp3) is 0. The van der Waals surface area contributed by atoms with Gasteiger partial charge in [0.2, 0.25) is 0 Å². The van der Waals surface area contributed by atoms with Crippen LogP contribution in [-0.2, 0) is 4.79 Å². The van der Waals surface area contributed by atoms with Gasteiger partial charge in [-0.3, -0.25) is 0 Å². The number of carboxylic acid groups (broad SMARTS) is 1. The Labute approximate surface area is 64.9 Å². The van der Waals surface area contributed by atoms with Crippen LogP contribution in [0.3, 0.4) is 0 Å². The van der Waals surface area contributed by atoms with Gasteiger partial charge in [0.05, 0.1) is 0 Å². The number of carboxylic acids is 1. The lowest BCUT2D eigenvalue weighted by atomic mass is 10.7. The van der Waals surface area contributed by atoms with E-state index in [-0.39, 0.29) is 0 Å². The van der Waals surface area contributed by atoms with Gasteiger partial charge in [0, 0.05) is 6.08 Å². The van der Waals surface area contributed by atoms with Crippen molar-refractivity contribution in [2.24, 2.45) is 0 Å². The number of aromatic amines is 1. The molecule has 0 aliphatic rings. The number of hydrogen-bond donors (Lipinski definition) is 2. The molecule has 0 bridgehead atoms. The van der Waals surface area contributed by atoms with E-state index in [1.165, 1.54) is 0 Å². The van der Waals surface area contributed by atoms with Crippen LogP contribution >= 0.6 is 0 Å². The maximum absolute atomic E-state index is 9.77. The number of aliphatic carboxylic acids is 1. The van der Waals surface area contributed by atoms with Gasteiger partial charge < -0.3 is 14.0 Å².